The molecule has 0 bridgehead atoms. The van der Waals surface area contributed by atoms with Gasteiger partial charge in [0.25, 0.3) is 0 Å². The number of carbonyl (C=O) groups excluding carboxylic acids is 3. The zero-order valence-corrected chi connectivity index (χ0v) is 65.0. The zero-order chi connectivity index (χ0) is 73.4. The largest absolute Gasteiger partial charge is 0.545 e. The molecule has 100 heavy (non-hydrogen) atoms. The smallest absolute Gasteiger partial charge is 0.168 e. The Morgan fingerprint density at radius 2 is 0.510 bits per heavy atom. The first-order chi connectivity index (χ1) is 48.6. The van der Waals surface area contributed by atoms with Gasteiger partial charge in [-0.05, 0) is 79.9 Å². The Bertz CT molecular complexity index is 2480. The number of carboxylic acids is 3. The lowest BCUT2D eigenvalue weighted by atomic mass is 10.0. The van der Waals surface area contributed by atoms with E-state index in [9.17, 15) is 29.7 Å². The molecule has 0 aliphatic heterocycles. The topological polar surface area (TPSA) is 124 Å². The molecule has 0 aliphatic rings. The van der Waals surface area contributed by atoms with Crippen LogP contribution in [0.2, 0.25) is 0 Å². The van der Waals surface area contributed by atoms with Crippen LogP contribution in [0.15, 0.2) is 170 Å². The van der Waals surface area contributed by atoms with Crippen molar-refractivity contribution in [2.45, 2.75) is 298 Å². The molecule has 5 rings (SSSR count). The summed E-state index contributed by atoms with van der Waals surface area (Å²) in [6, 6.07) is 44.8. The summed E-state index contributed by atoms with van der Waals surface area (Å²) in [4.78, 5) is 29.9. The number of unbranched alkanes of at least 4 members (excludes halogenated alkanes) is 36. The number of aliphatic carboxylic acids is 3. The molecule has 5 aromatic rings. The summed E-state index contributed by atoms with van der Waals surface area (Å²) in [7, 11) is 9.59. The third-order valence-corrected chi connectivity index (χ3v) is 18.0. The number of benzene rings is 4. The van der Waals surface area contributed by atoms with Crippen molar-refractivity contribution in [3.8, 4) is 0 Å². The molecule has 0 saturated heterocycles. The first-order valence-electron chi connectivity index (χ1n) is 40.0. The van der Waals surface area contributed by atoms with Crippen LogP contribution >= 0.6 is 0 Å². The maximum atomic E-state index is 9.97. The Labute approximate surface area is 613 Å². The van der Waals surface area contributed by atoms with Gasteiger partial charge in [-0.1, -0.05) is 379 Å². The fraction of sp³-hybridized carbons (Fsp3) is 0.582. The summed E-state index contributed by atoms with van der Waals surface area (Å²) >= 11 is 0. The van der Waals surface area contributed by atoms with Crippen molar-refractivity contribution < 1.29 is 43.2 Å². The summed E-state index contributed by atoms with van der Waals surface area (Å²) in [6.07, 6.45) is 69.2. The molecule has 0 N–H and O–H groups in total. The molecule has 560 valence electrons. The van der Waals surface area contributed by atoms with Crippen molar-refractivity contribution >= 4 is 36.1 Å². The molecule has 0 spiro atoms. The van der Waals surface area contributed by atoms with Gasteiger partial charge in [-0.15, -0.1) is 0 Å². The SMILES string of the molecule is CCCCCCCCCCCCCCCC[n+]1ccccc1.CCCCCCCCCCCC[N+](C)(C)Cc1ccccc1.CCCCCCCCCC[N+](C)(C)CCCCCCCCCC.O=C([O-])/C=C/c1ccccc1.O=C([O-])/C=C/c1ccccc1.O=C([O-])/C=C/c1ccccc1. The minimum absolute atomic E-state index is 0.858. The van der Waals surface area contributed by atoms with Crippen molar-refractivity contribution in [3.05, 3.63) is 192 Å². The highest BCUT2D eigenvalue weighted by atomic mass is 16.4. The molecule has 1 heterocycles. The lowest BCUT2D eigenvalue weighted by Crippen LogP contribution is -2.41. The number of hydrogen-bond donors (Lipinski definition) is 0. The van der Waals surface area contributed by atoms with Crippen LogP contribution in [0.5, 0.6) is 0 Å². The van der Waals surface area contributed by atoms with Gasteiger partial charge in [-0.25, -0.2) is 4.57 Å². The minimum atomic E-state index is -1.17. The Kier molecular flexibility index (Phi) is 65.2. The monoisotopic (exact) mass is 1380 g/mol. The van der Waals surface area contributed by atoms with E-state index in [1.165, 1.54) is 311 Å². The van der Waals surface area contributed by atoms with Crippen LogP contribution in [0, 0.1) is 0 Å². The van der Waals surface area contributed by atoms with Crippen LogP contribution in [-0.4, -0.2) is 74.7 Å². The molecule has 1 aromatic heterocycles. The molecule has 9 heteroatoms. The highest BCUT2D eigenvalue weighted by Crippen LogP contribution is 2.17. The standard InChI is InChI=1S/C22H48N.2C21H38N.3C9H8O2/c1-5-7-9-11-13-15-17-19-21-23(3,4)22-20-18-16-14-12-10-8-6-2;1-4-5-6-7-8-9-10-11-12-16-19-22(2,3)20-21-17-14-13-15-18-21;1-2-3-4-5-6-7-8-9-10-11-12-13-14-16-19-22-20-17-15-18-21-22;3*10-9(11)7-6-8-4-2-1-3-5-8/h5-22H2,1-4H3;13-15,17-18H,4-12,16,19-20H2,1-3H3;15,17-18,20-21H,2-14,16,19H2,1H3;3*1-7H,(H,10,11)/q3*+1;;;/p-3/b;;;3*7-6+. The van der Waals surface area contributed by atoms with Crippen molar-refractivity contribution in [2.24, 2.45) is 0 Å². The molecule has 0 atom stereocenters. The van der Waals surface area contributed by atoms with E-state index in [0.29, 0.717) is 0 Å². The molecule has 9 nitrogen and oxygen atoms in total. The summed E-state index contributed by atoms with van der Waals surface area (Å²) in [5.41, 5.74) is 4.03. The number of aromatic nitrogens is 1. The lowest BCUT2D eigenvalue weighted by Gasteiger charge is -2.30. The normalized spacial score (nSPS) is 11.1. The Morgan fingerprint density at radius 1 is 0.290 bits per heavy atom. The molecule has 0 fully saturated rings. The van der Waals surface area contributed by atoms with E-state index in [0.717, 1.165) is 45.9 Å². The van der Waals surface area contributed by atoms with Gasteiger partial charge in [0.15, 0.2) is 12.4 Å². The van der Waals surface area contributed by atoms with E-state index in [1.54, 1.807) is 0 Å². The number of hydrogen-bond acceptors (Lipinski definition) is 6. The molecule has 4 aromatic carbocycles. The Hall–Kier alpha value is -6.42. The van der Waals surface area contributed by atoms with Gasteiger partial charge in [0, 0.05) is 24.1 Å². The second-order valence-corrected chi connectivity index (χ2v) is 28.7. The van der Waals surface area contributed by atoms with Crippen molar-refractivity contribution in [1.29, 1.82) is 0 Å². The lowest BCUT2D eigenvalue weighted by molar-refractivity contribution is -0.903. The molecule has 0 aliphatic carbocycles. The number of aryl methyl sites for hydroxylation is 1. The van der Waals surface area contributed by atoms with E-state index in [1.807, 2.05) is 91.0 Å². The molecule has 0 amide bonds. The second-order valence-electron chi connectivity index (χ2n) is 28.7. The number of nitrogens with zero attached hydrogens (tertiary/aromatic N) is 3. The van der Waals surface area contributed by atoms with Gasteiger partial charge in [0.05, 0.1) is 65.7 Å². The van der Waals surface area contributed by atoms with Gasteiger partial charge in [0.2, 0.25) is 0 Å². The number of pyridine rings is 1. The zero-order valence-electron chi connectivity index (χ0n) is 65.0. The Balaban J connectivity index is 0.00000121. The van der Waals surface area contributed by atoms with Crippen molar-refractivity contribution in [2.75, 3.05) is 47.8 Å². The quantitative estimate of drug-likeness (QED) is 0.0165. The van der Waals surface area contributed by atoms with Crippen molar-refractivity contribution in [3.63, 3.8) is 0 Å². The van der Waals surface area contributed by atoms with Crippen molar-refractivity contribution in [1.82, 2.24) is 0 Å². The van der Waals surface area contributed by atoms with Crippen LogP contribution < -0.4 is 19.9 Å². The third-order valence-electron chi connectivity index (χ3n) is 18.0. The summed E-state index contributed by atoms with van der Waals surface area (Å²) in [5.74, 6) is -3.52. The number of rotatable bonds is 52. The average molecular weight is 1380 g/mol. The molecular weight excluding hydrogens is 1230 g/mol. The fourth-order valence-electron chi connectivity index (χ4n) is 11.9. The number of quaternary nitrogens is 2. The van der Waals surface area contributed by atoms with Gasteiger partial charge >= 0.3 is 0 Å². The highest BCUT2D eigenvalue weighted by molar-refractivity contribution is 5.84. The fourth-order valence-corrected chi connectivity index (χ4v) is 11.9. The third kappa shape index (κ3) is 68.7. The summed E-state index contributed by atoms with van der Waals surface area (Å²) < 4.78 is 4.65. The second kappa shape index (κ2) is 69.7. The van der Waals surface area contributed by atoms with Crippen LogP contribution in [0.1, 0.15) is 307 Å². The molecular formula is C91H145N3O6. The average Bonchev–Trinajstić information content (AvgIpc) is 1.09. The first kappa shape index (κ1) is 93.6. The van der Waals surface area contributed by atoms with Gasteiger partial charge in [-0.3, -0.25) is 0 Å². The minimum Gasteiger partial charge on any atom is -0.545 e. The van der Waals surface area contributed by atoms with Crippen LogP contribution in [0.25, 0.3) is 18.2 Å². The predicted molar refractivity (Wildman–Crippen MR) is 424 cm³/mol. The van der Waals surface area contributed by atoms with E-state index >= 15 is 0 Å². The number of carbonyl (C=O) groups is 3. The highest BCUT2D eigenvalue weighted by Gasteiger charge is 2.16. The Morgan fingerprint density at radius 3 is 0.770 bits per heavy atom. The molecule has 0 saturated carbocycles. The molecule has 0 radical (unpaired) electrons. The predicted octanol–water partition coefficient (Wildman–Crippen LogP) is 21.3. The van der Waals surface area contributed by atoms with Crippen LogP contribution in [0.4, 0.5) is 0 Å². The maximum Gasteiger partial charge on any atom is 0.168 e. The van der Waals surface area contributed by atoms with Gasteiger partial charge in [0.1, 0.15) is 13.1 Å². The summed E-state index contributed by atoms with van der Waals surface area (Å²) in [6.45, 7) is 15.6. The summed E-state index contributed by atoms with van der Waals surface area (Å²) in [5, 5.41) is 29.9. The van der Waals surface area contributed by atoms with Gasteiger partial charge in [-0.2, -0.15) is 0 Å². The molecule has 0 unspecified atom stereocenters. The maximum absolute atomic E-state index is 9.97. The van der Waals surface area contributed by atoms with E-state index in [-0.39, 0.29) is 0 Å². The van der Waals surface area contributed by atoms with Crippen LogP contribution in [0.3, 0.4) is 0 Å². The van der Waals surface area contributed by atoms with E-state index in [4.69, 9.17) is 0 Å². The number of carboxylic acid groups (broad SMARTS) is 3. The van der Waals surface area contributed by atoms with E-state index < -0.39 is 17.9 Å². The van der Waals surface area contributed by atoms with Crippen LogP contribution in [-0.2, 0) is 27.5 Å². The first-order valence-corrected chi connectivity index (χ1v) is 40.0. The van der Waals surface area contributed by atoms with Gasteiger partial charge < -0.3 is 38.7 Å². The van der Waals surface area contributed by atoms with E-state index in [2.05, 4.69) is 121 Å².